The summed E-state index contributed by atoms with van der Waals surface area (Å²) in [5.74, 6) is -1.22. The van der Waals surface area contributed by atoms with E-state index >= 15 is 0 Å². The number of carbonyl (C=O) groups is 3. The molecule has 6 heteroatoms. The molecule has 6 nitrogen and oxygen atoms in total. The van der Waals surface area contributed by atoms with Crippen LogP contribution in [0.1, 0.15) is 47.8 Å². The number of hydrazone groups is 1. The first kappa shape index (κ1) is 17.4. The number of hydrogen-bond acceptors (Lipinski definition) is 5. The lowest BCUT2D eigenvalue weighted by atomic mass is 9.82. The summed E-state index contributed by atoms with van der Waals surface area (Å²) in [4.78, 5) is 38.0. The van der Waals surface area contributed by atoms with Crippen molar-refractivity contribution in [3.8, 4) is 0 Å². The average molecular weight is 369 g/mol. The first-order valence-corrected chi connectivity index (χ1v) is 8.57. The molecular weight excluding hydrogens is 354 g/mol. The zero-order chi connectivity index (χ0) is 19.7. The van der Waals surface area contributed by atoms with Crippen molar-refractivity contribution in [3.05, 3.63) is 100 Å². The van der Waals surface area contributed by atoms with E-state index in [-0.39, 0.29) is 39.5 Å². The molecule has 3 aromatic rings. The van der Waals surface area contributed by atoms with Crippen LogP contribution < -0.4 is 11.2 Å². The normalized spacial score (nSPS) is 12.6. The third-order valence-corrected chi connectivity index (χ3v) is 4.56. The van der Waals surface area contributed by atoms with E-state index in [2.05, 4.69) is 10.5 Å². The summed E-state index contributed by atoms with van der Waals surface area (Å²) >= 11 is 0. The molecule has 4 rings (SSSR count). The minimum Gasteiger partial charge on any atom is -0.397 e. The van der Waals surface area contributed by atoms with Crippen molar-refractivity contribution < 1.29 is 14.4 Å². The second kappa shape index (κ2) is 6.92. The molecule has 28 heavy (non-hydrogen) atoms. The molecule has 0 saturated heterocycles. The summed E-state index contributed by atoms with van der Waals surface area (Å²) in [6.07, 6.45) is 1.50. The van der Waals surface area contributed by atoms with Gasteiger partial charge in [-0.3, -0.25) is 14.4 Å². The largest absolute Gasteiger partial charge is 0.397 e. The number of benzene rings is 3. The van der Waals surface area contributed by atoms with Crippen LogP contribution in [0.4, 0.5) is 5.69 Å². The molecule has 1 aliphatic carbocycles. The summed E-state index contributed by atoms with van der Waals surface area (Å²) in [7, 11) is 0. The lowest BCUT2D eigenvalue weighted by Gasteiger charge is -2.20. The van der Waals surface area contributed by atoms with Gasteiger partial charge in [-0.15, -0.1) is 0 Å². The lowest BCUT2D eigenvalue weighted by molar-refractivity contribution is 0.0953. The summed E-state index contributed by atoms with van der Waals surface area (Å²) in [6, 6.07) is 18.7. The molecule has 0 bridgehead atoms. The predicted octanol–water partition coefficient (Wildman–Crippen LogP) is 2.81. The fourth-order valence-electron chi connectivity index (χ4n) is 3.18. The molecule has 0 radical (unpaired) electrons. The zero-order valence-corrected chi connectivity index (χ0v) is 14.7. The van der Waals surface area contributed by atoms with E-state index in [0.717, 1.165) is 5.56 Å². The van der Waals surface area contributed by atoms with Gasteiger partial charge in [0.1, 0.15) is 0 Å². The molecule has 0 aliphatic heterocycles. The molecule has 0 unspecified atom stereocenters. The number of nitrogens with zero attached hydrogens (tertiary/aromatic N) is 1. The number of anilines is 1. The van der Waals surface area contributed by atoms with E-state index < -0.39 is 5.91 Å². The Hall–Kier alpha value is -4.06. The van der Waals surface area contributed by atoms with Crippen LogP contribution in [0.3, 0.4) is 0 Å². The quantitative estimate of drug-likeness (QED) is 0.329. The summed E-state index contributed by atoms with van der Waals surface area (Å²) in [6.45, 7) is 0. The van der Waals surface area contributed by atoms with Crippen LogP contribution in [-0.4, -0.2) is 23.7 Å². The van der Waals surface area contributed by atoms with E-state index in [1.807, 2.05) is 30.3 Å². The van der Waals surface area contributed by atoms with Crippen molar-refractivity contribution in [2.45, 2.75) is 0 Å². The van der Waals surface area contributed by atoms with Crippen molar-refractivity contribution in [3.63, 3.8) is 0 Å². The van der Waals surface area contributed by atoms with Crippen LogP contribution in [-0.2, 0) is 0 Å². The molecule has 1 aliphatic rings. The molecule has 0 fully saturated rings. The van der Waals surface area contributed by atoms with Gasteiger partial charge in [0.05, 0.1) is 23.0 Å². The topological polar surface area (TPSA) is 102 Å². The highest BCUT2D eigenvalue weighted by atomic mass is 16.2. The molecule has 0 spiro atoms. The van der Waals surface area contributed by atoms with Crippen LogP contribution in [0.2, 0.25) is 0 Å². The van der Waals surface area contributed by atoms with Gasteiger partial charge in [0.15, 0.2) is 11.6 Å². The van der Waals surface area contributed by atoms with E-state index in [1.165, 1.54) is 18.3 Å². The number of nitrogens with two attached hydrogens (primary N) is 1. The van der Waals surface area contributed by atoms with E-state index in [4.69, 9.17) is 5.73 Å². The number of rotatable bonds is 3. The summed E-state index contributed by atoms with van der Waals surface area (Å²) in [5, 5.41) is 3.91. The Labute approximate surface area is 160 Å². The van der Waals surface area contributed by atoms with Crippen molar-refractivity contribution in [1.82, 2.24) is 5.43 Å². The van der Waals surface area contributed by atoms with Crippen LogP contribution in [0.15, 0.2) is 71.8 Å². The maximum absolute atomic E-state index is 12.9. The Morgan fingerprint density at radius 2 is 1.46 bits per heavy atom. The molecule has 1 amide bonds. The van der Waals surface area contributed by atoms with Crippen molar-refractivity contribution >= 4 is 29.4 Å². The van der Waals surface area contributed by atoms with Crippen molar-refractivity contribution in [1.29, 1.82) is 0 Å². The first-order valence-electron chi connectivity index (χ1n) is 8.57. The molecule has 0 atom stereocenters. The highest BCUT2D eigenvalue weighted by Crippen LogP contribution is 2.32. The van der Waals surface area contributed by atoms with Crippen LogP contribution in [0.5, 0.6) is 0 Å². The Morgan fingerprint density at radius 1 is 0.821 bits per heavy atom. The Morgan fingerprint density at radius 3 is 2.18 bits per heavy atom. The van der Waals surface area contributed by atoms with E-state index in [1.54, 1.807) is 24.3 Å². The Balaban J connectivity index is 1.66. The van der Waals surface area contributed by atoms with Gasteiger partial charge in [-0.2, -0.15) is 5.10 Å². The number of fused-ring (bicyclic) bond motifs is 2. The van der Waals surface area contributed by atoms with Crippen LogP contribution in [0, 0.1) is 0 Å². The fourth-order valence-corrected chi connectivity index (χ4v) is 3.18. The van der Waals surface area contributed by atoms with Crippen LogP contribution >= 0.6 is 0 Å². The van der Waals surface area contributed by atoms with E-state index in [9.17, 15) is 14.4 Å². The molecule has 3 N–H and O–H groups in total. The molecule has 0 saturated carbocycles. The smallest absolute Gasteiger partial charge is 0.273 e. The SMILES string of the molecule is Nc1c(C(=O)N/N=C/c2ccccc2)ccc2c1C(=O)c1ccccc1C2=O. The second-order valence-corrected chi connectivity index (χ2v) is 6.26. The Bertz CT molecular complexity index is 1150. The zero-order valence-electron chi connectivity index (χ0n) is 14.7. The fraction of sp³-hybridized carbons (Fsp3) is 0. The predicted molar refractivity (Wildman–Crippen MR) is 106 cm³/mol. The summed E-state index contributed by atoms with van der Waals surface area (Å²) < 4.78 is 0. The highest BCUT2D eigenvalue weighted by molar-refractivity contribution is 6.30. The third-order valence-electron chi connectivity index (χ3n) is 4.56. The number of nitrogens with one attached hydrogen (secondary N) is 1. The number of amides is 1. The second-order valence-electron chi connectivity index (χ2n) is 6.26. The number of carbonyl (C=O) groups excluding carboxylic acids is 3. The van der Waals surface area contributed by atoms with Crippen molar-refractivity contribution in [2.24, 2.45) is 5.10 Å². The standard InChI is InChI=1S/C22H15N3O3/c23-19-17(22(28)25-24-12-13-6-2-1-3-7-13)11-10-16-18(19)21(27)15-9-5-4-8-14(15)20(16)26/h1-12H,23H2,(H,25,28)/b24-12+. The highest BCUT2D eigenvalue weighted by Gasteiger charge is 2.32. The maximum Gasteiger partial charge on any atom is 0.273 e. The van der Waals surface area contributed by atoms with Gasteiger partial charge in [-0.05, 0) is 17.7 Å². The molecule has 0 aromatic heterocycles. The molecule has 136 valence electrons. The van der Waals surface area contributed by atoms with Gasteiger partial charge in [-0.1, -0.05) is 54.6 Å². The average Bonchev–Trinajstić information content (AvgIpc) is 2.72. The monoisotopic (exact) mass is 369 g/mol. The lowest BCUT2D eigenvalue weighted by Crippen LogP contribution is -2.25. The van der Waals surface area contributed by atoms with Crippen molar-refractivity contribution in [2.75, 3.05) is 5.73 Å². The minimum atomic E-state index is -0.563. The minimum absolute atomic E-state index is 0.0298. The van der Waals surface area contributed by atoms with E-state index in [0.29, 0.717) is 5.56 Å². The Kier molecular flexibility index (Phi) is 4.29. The van der Waals surface area contributed by atoms with Gasteiger partial charge < -0.3 is 5.73 Å². The number of ketones is 2. The third kappa shape index (κ3) is 2.87. The summed E-state index contributed by atoms with van der Waals surface area (Å²) in [5.41, 5.74) is 10.3. The molecule has 0 heterocycles. The first-order chi connectivity index (χ1) is 13.6. The van der Waals surface area contributed by atoms with Gasteiger partial charge in [-0.25, -0.2) is 5.43 Å². The molecule has 3 aromatic carbocycles. The maximum atomic E-state index is 12.9. The van der Waals surface area contributed by atoms with Gasteiger partial charge >= 0.3 is 0 Å². The van der Waals surface area contributed by atoms with Gasteiger partial charge in [0.2, 0.25) is 0 Å². The number of nitrogen functional groups attached to an aromatic ring is 1. The molecular formula is C22H15N3O3. The van der Waals surface area contributed by atoms with Crippen LogP contribution in [0.25, 0.3) is 0 Å². The number of hydrogen-bond donors (Lipinski definition) is 2. The van der Waals surface area contributed by atoms with Gasteiger partial charge in [0, 0.05) is 16.7 Å². The van der Waals surface area contributed by atoms with Gasteiger partial charge in [0.25, 0.3) is 5.91 Å².